The number of nitrogens with zero attached hydrogens (tertiary/aromatic N) is 6. The number of hydrogen-bond acceptors (Lipinski definition) is 7. The summed E-state index contributed by atoms with van der Waals surface area (Å²) >= 11 is 0. The van der Waals surface area contributed by atoms with E-state index in [-0.39, 0.29) is 25.5 Å². The topological polar surface area (TPSA) is 114 Å². The van der Waals surface area contributed by atoms with Crippen molar-refractivity contribution in [3.8, 4) is 11.6 Å². The molecule has 3 heterocycles. The summed E-state index contributed by atoms with van der Waals surface area (Å²) in [7, 11) is -3.60. The van der Waals surface area contributed by atoms with E-state index in [4.69, 9.17) is 4.42 Å². The highest BCUT2D eigenvalue weighted by molar-refractivity contribution is 7.89. The van der Waals surface area contributed by atoms with Gasteiger partial charge in [0.1, 0.15) is 6.54 Å². The van der Waals surface area contributed by atoms with Gasteiger partial charge in [0.25, 0.3) is 0 Å². The van der Waals surface area contributed by atoms with Crippen molar-refractivity contribution < 1.29 is 17.6 Å². The molecule has 1 amide bonds. The molecule has 0 spiro atoms. The molecule has 2 aromatic heterocycles. The fourth-order valence-electron chi connectivity index (χ4n) is 3.34. The standard InChI is InChI=1S/C19H22N6O4S/c1-14-5-6-15(2)17(12-14)30(27,28)24-9-7-23(8-10-24)18(26)13-25-21-19(20-22-25)16-4-3-11-29-16/h3-6,11-12H,7-10,13H2,1-2H3. The number of sulfonamides is 1. The Bertz CT molecular complexity index is 1150. The van der Waals surface area contributed by atoms with E-state index in [1.54, 1.807) is 30.0 Å². The second kappa shape index (κ2) is 8.00. The lowest BCUT2D eigenvalue weighted by atomic mass is 10.2. The quantitative estimate of drug-likeness (QED) is 0.595. The number of carbonyl (C=O) groups excluding carboxylic acids is 1. The van der Waals surface area contributed by atoms with Gasteiger partial charge in [-0.1, -0.05) is 12.1 Å². The first-order valence-electron chi connectivity index (χ1n) is 9.51. The van der Waals surface area contributed by atoms with Crippen LogP contribution >= 0.6 is 0 Å². The van der Waals surface area contributed by atoms with Gasteiger partial charge in [-0.2, -0.15) is 9.10 Å². The summed E-state index contributed by atoms with van der Waals surface area (Å²) in [6.45, 7) is 4.68. The fourth-order valence-corrected chi connectivity index (χ4v) is 5.07. The highest BCUT2D eigenvalue weighted by Gasteiger charge is 2.31. The van der Waals surface area contributed by atoms with E-state index in [0.29, 0.717) is 35.1 Å². The van der Waals surface area contributed by atoms with E-state index in [1.165, 1.54) is 15.4 Å². The number of rotatable bonds is 5. The molecule has 0 saturated carbocycles. The third kappa shape index (κ3) is 3.98. The molecule has 0 aliphatic carbocycles. The van der Waals surface area contributed by atoms with E-state index in [2.05, 4.69) is 15.4 Å². The van der Waals surface area contributed by atoms with Gasteiger partial charge in [0.15, 0.2) is 5.76 Å². The zero-order chi connectivity index (χ0) is 21.3. The third-order valence-corrected chi connectivity index (χ3v) is 7.06. The smallest absolute Gasteiger partial charge is 0.246 e. The van der Waals surface area contributed by atoms with E-state index in [1.807, 2.05) is 19.1 Å². The van der Waals surface area contributed by atoms with Crippen molar-refractivity contribution in [2.45, 2.75) is 25.3 Å². The van der Waals surface area contributed by atoms with Crippen LogP contribution in [0.25, 0.3) is 11.6 Å². The third-order valence-electron chi connectivity index (χ3n) is 5.02. The van der Waals surface area contributed by atoms with Gasteiger partial charge in [0.2, 0.25) is 21.8 Å². The summed E-state index contributed by atoms with van der Waals surface area (Å²) in [6.07, 6.45) is 1.51. The maximum atomic E-state index is 13.0. The number of hydrogen-bond donors (Lipinski definition) is 0. The van der Waals surface area contributed by atoms with Crippen LogP contribution in [0.1, 0.15) is 11.1 Å². The Labute approximate surface area is 174 Å². The molecule has 158 valence electrons. The predicted octanol–water partition coefficient (Wildman–Crippen LogP) is 1.08. The summed E-state index contributed by atoms with van der Waals surface area (Å²) in [5, 5.41) is 11.9. The number of carbonyl (C=O) groups is 1. The number of amides is 1. The van der Waals surface area contributed by atoms with E-state index in [9.17, 15) is 13.2 Å². The van der Waals surface area contributed by atoms with Crippen LogP contribution in [0.3, 0.4) is 0 Å². The van der Waals surface area contributed by atoms with Gasteiger partial charge in [-0.05, 0) is 48.4 Å². The highest BCUT2D eigenvalue weighted by Crippen LogP contribution is 2.22. The Morgan fingerprint density at radius 3 is 2.60 bits per heavy atom. The maximum Gasteiger partial charge on any atom is 0.246 e. The van der Waals surface area contributed by atoms with Gasteiger partial charge >= 0.3 is 0 Å². The lowest BCUT2D eigenvalue weighted by Gasteiger charge is -2.34. The van der Waals surface area contributed by atoms with Crippen LogP contribution in [0.2, 0.25) is 0 Å². The van der Waals surface area contributed by atoms with Crippen LogP contribution in [0, 0.1) is 13.8 Å². The van der Waals surface area contributed by atoms with Crippen LogP contribution in [-0.2, 0) is 21.4 Å². The Morgan fingerprint density at radius 1 is 1.13 bits per heavy atom. The molecule has 3 aromatic rings. The van der Waals surface area contributed by atoms with Crippen LogP contribution in [-0.4, -0.2) is 69.9 Å². The molecule has 0 N–H and O–H groups in total. The summed E-state index contributed by atoms with van der Waals surface area (Å²) in [5.41, 5.74) is 1.60. The first-order chi connectivity index (χ1) is 14.3. The van der Waals surface area contributed by atoms with Gasteiger partial charge in [0, 0.05) is 26.2 Å². The van der Waals surface area contributed by atoms with Crippen molar-refractivity contribution in [1.29, 1.82) is 0 Å². The van der Waals surface area contributed by atoms with Gasteiger partial charge in [-0.3, -0.25) is 4.79 Å². The molecule has 0 radical (unpaired) electrons. The van der Waals surface area contributed by atoms with Gasteiger partial charge in [-0.15, -0.1) is 10.2 Å². The molecule has 0 unspecified atom stereocenters. The molecule has 1 aliphatic heterocycles. The number of aryl methyl sites for hydroxylation is 2. The number of furan rings is 1. The largest absolute Gasteiger partial charge is 0.461 e. The molecule has 1 aromatic carbocycles. The highest BCUT2D eigenvalue weighted by atomic mass is 32.2. The molecule has 1 aliphatic rings. The summed E-state index contributed by atoms with van der Waals surface area (Å²) in [5.74, 6) is 0.582. The Balaban J connectivity index is 1.38. The van der Waals surface area contributed by atoms with Crippen LogP contribution in [0.5, 0.6) is 0 Å². The maximum absolute atomic E-state index is 13.0. The zero-order valence-corrected chi connectivity index (χ0v) is 17.5. The lowest BCUT2D eigenvalue weighted by molar-refractivity contribution is -0.133. The average Bonchev–Trinajstić information content (AvgIpc) is 3.41. The number of piperazine rings is 1. The normalized spacial score (nSPS) is 15.5. The average molecular weight is 430 g/mol. The number of tetrazole rings is 1. The van der Waals surface area contributed by atoms with Crippen molar-refractivity contribution in [1.82, 2.24) is 29.4 Å². The molecule has 1 saturated heterocycles. The minimum atomic E-state index is -3.60. The van der Waals surface area contributed by atoms with Crippen molar-refractivity contribution in [3.63, 3.8) is 0 Å². The number of aromatic nitrogens is 4. The monoisotopic (exact) mass is 430 g/mol. The van der Waals surface area contributed by atoms with E-state index in [0.717, 1.165) is 5.56 Å². The molecule has 0 bridgehead atoms. The Morgan fingerprint density at radius 2 is 1.90 bits per heavy atom. The molecular weight excluding hydrogens is 408 g/mol. The van der Waals surface area contributed by atoms with E-state index >= 15 is 0 Å². The minimum Gasteiger partial charge on any atom is -0.461 e. The van der Waals surface area contributed by atoms with Crippen molar-refractivity contribution in [2.24, 2.45) is 0 Å². The molecular formula is C19H22N6O4S. The molecule has 30 heavy (non-hydrogen) atoms. The molecule has 11 heteroatoms. The molecule has 4 rings (SSSR count). The lowest BCUT2D eigenvalue weighted by Crippen LogP contribution is -2.51. The SMILES string of the molecule is Cc1ccc(C)c(S(=O)(=O)N2CCN(C(=O)Cn3nnc(-c4ccco4)n3)CC2)c1. The Hall–Kier alpha value is -3.05. The van der Waals surface area contributed by atoms with Gasteiger partial charge in [0.05, 0.1) is 11.2 Å². The molecule has 10 nitrogen and oxygen atoms in total. The van der Waals surface area contributed by atoms with Crippen molar-refractivity contribution in [2.75, 3.05) is 26.2 Å². The predicted molar refractivity (Wildman–Crippen MR) is 107 cm³/mol. The van der Waals surface area contributed by atoms with Crippen LogP contribution in [0.15, 0.2) is 45.9 Å². The summed E-state index contributed by atoms with van der Waals surface area (Å²) in [6, 6.07) is 8.81. The zero-order valence-electron chi connectivity index (χ0n) is 16.7. The van der Waals surface area contributed by atoms with Crippen molar-refractivity contribution >= 4 is 15.9 Å². The second-order valence-corrected chi connectivity index (χ2v) is 9.08. The first kappa shape index (κ1) is 20.2. The molecule has 1 fully saturated rings. The van der Waals surface area contributed by atoms with Crippen LogP contribution < -0.4 is 0 Å². The number of benzene rings is 1. The van der Waals surface area contributed by atoms with Crippen LogP contribution in [0.4, 0.5) is 0 Å². The Kier molecular flexibility index (Phi) is 5.39. The summed E-state index contributed by atoms with van der Waals surface area (Å²) < 4.78 is 32.7. The first-order valence-corrected chi connectivity index (χ1v) is 11.0. The second-order valence-electron chi connectivity index (χ2n) is 7.17. The summed E-state index contributed by atoms with van der Waals surface area (Å²) in [4.78, 5) is 15.7. The van der Waals surface area contributed by atoms with E-state index < -0.39 is 10.0 Å². The molecule has 0 atom stereocenters. The van der Waals surface area contributed by atoms with Crippen molar-refractivity contribution in [3.05, 3.63) is 47.7 Å². The minimum absolute atomic E-state index is 0.0720. The van der Waals surface area contributed by atoms with Gasteiger partial charge < -0.3 is 9.32 Å². The fraction of sp³-hybridized carbons (Fsp3) is 0.368. The van der Waals surface area contributed by atoms with Gasteiger partial charge in [-0.25, -0.2) is 8.42 Å².